The monoisotopic (exact) mass is 599 g/mol. The summed E-state index contributed by atoms with van der Waals surface area (Å²) in [7, 11) is 3.21. The van der Waals surface area contributed by atoms with E-state index in [1.807, 2.05) is 0 Å². The zero-order valence-corrected chi connectivity index (χ0v) is 24.7. The third kappa shape index (κ3) is 4.37. The van der Waals surface area contributed by atoms with E-state index in [0.29, 0.717) is 29.1 Å². The average Bonchev–Trinajstić information content (AvgIpc) is 3.56. The van der Waals surface area contributed by atoms with Crippen LogP contribution in [0.3, 0.4) is 0 Å². The van der Waals surface area contributed by atoms with Crippen molar-refractivity contribution in [1.82, 2.24) is 9.80 Å². The molecule has 6 N–H and O–H groups in total. The van der Waals surface area contributed by atoms with Gasteiger partial charge in [0.2, 0.25) is 5.78 Å². The summed E-state index contributed by atoms with van der Waals surface area (Å²) >= 11 is 7.00. The summed E-state index contributed by atoms with van der Waals surface area (Å²) in [6.45, 7) is 1.54. The fourth-order valence-corrected chi connectivity index (χ4v) is 8.22. The second-order valence-corrected chi connectivity index (χ2v) is 13.4. The number of hydrogen-bond donors (Lipinski definition) is 5. The van der Waals surface area contributed by atoms with Crippen molar-refractivity contribution in [1.29, 1.82) is 0 Å². The highest BCUT2D eigenvalue weighted by atomic mass is 35.5. The van der Waals surface area contributed by atoms with E-state index in [-0.39, 0.29) is 29.7 Å². The molecule has 5 aliphatic carbocycles. The minimum atomic E-state index is -2.66. The fourth-order valence-electron chi connectivity index (χ4n) is 7.93. The van der Waals surface area contributed by atoms with Gasteiger partial charge in [-0.2, -0.15) is 0 Å². The first kappa shape index (κ1) is 29.2. The lowest BCUT2D eigenvalue weighted by Gasteiger charge is -2.50. The van der Waals surface area contributed by atoms with E-state index in [0.717, 1.165) is 24.9 Å². The first-order valence-electron chi connectivity index (χ1n) is 14.8. The summed E-state index contributed by atoms with van der Waals surface area (Å²) in [4.78, 5) is 43.5. The second-order valence-electron chi connectivity index (χ2n) is 13.0. The number of phenols is 1. The van der Waals surface area contributed by atoms with Crippen LogP contribution in [0.5, 0.6) is 5.75 Å². The number of nitrogens with two attached hydrogens (primary N) is 1. The Morgan fingerprint density at radius 2 is 1.79 bits per heavy atom. The maximum Gasteiger partial charge on any atom is 0.255 e. The highest BCUT2D eigenvalue weighted by Gasteiger charge is 2.63. The number of primary amides is 1. The predicted molar refractivity (Wildman–Crippen MR) is 154 cm³/mol. The first-order chi connectivity index (χ1) is 19.9. The number of amides is 1. The number of benzene rings is 1. The molecule has 2 saturated carbocycles. The quantitative estimate of drug-likeness (QED) is 0.296. The molecular formula is C31H38ClN3O7. The van der Waals surface area contributed by atoms with Gasteiger partial charge in [-0.3, -0.25) is 24.2 Å². The molecule has 0 bridgehead atoms. The number of Topliss-reactive ketones (excluding diaryl/α,β-unsaturated/α-hetero) is 2. The topological polar surface area (TPSA) is 165 Å². The maximum absolute atomic E-state index is 13.9. The minimum absolute atomic E-state index is 0.0307. The Balaban J connectivity index is 1.41. The molecule has 2 fully saturated rings. The summed E-state index contributed by atoms with van der Waals surface area (Å²) in [5.74, 6) is -6.01. The number of fused-ring (bicyclic) bond motifs is 3. The molecule has 1 aromatic carbocycles. The van der Waals surface area contributed by atoms with Gasteiger partial charge in [0.05, 0.1) is 11.6 Å². The van der Waals surface area contributed by atoms with Crippen molar-refractivity contribution in [3.63, 3.8) is 0 Å². The molecule has 4 atom stereocenters. The van der Waals surface area contributed by atoms with Gasteiger partial charge in [0.25, 0.3) is 5.91 Å². The van der Waals surface area contributed by atoms with Gasteiger partial charge in [0.15, 0.2) is 11.4 Å². The lowest BCUT2D eigenvalue weighted by Crippen LogP contribution is -2.63. The number of carbonyl (C=O) groups is 3. The van der Waals surface area contributed by atoms with Gasteiger partial charge in [-0.05, 0) is 81.6 Å². The first-order valence-corrected chi connectivity index (χ1v) is 15.2. The molecule has 0 aliphatic heterocycles. The maximum atomic E-state index is 13.9. The summed E-state index contributed by atoms with van der Waals surface area (Å²) in [6.07, 6.45) is 7.30. The van der Waals surface area contributed by atoms with E-state index in [4.69, 9.17) is 17.3 Å². The van der Waals surface area contributed by atoms with Crippen molar-refractivity contribution in [2.45, 2.75) is 75.6 Å². The van der Waals surface area contributed by atoms with Gasteiger partial charge in [-0.25, -0.2) is 0 Å². The standard InChI is InChI=1S/C31H38ClN3O7/c1-34(2)25-19-10-15-9-18-22(26(37)21(15)28(39)31(19,42)29(40)23(27(25)38)30(33)41)20(36)11-16(24(18)32)13-35(12-14-7-8-14)17-5-3-4-6-17/h11,14-15,17,19,25,36,38-39,42H,3-10,12-13H2,1-2H3,(H2,33,41)/t15-,19-,25-,31-/m0/s1. The molecule has 226 valence electrons. The van der Waals surface area contributed by atoms with Gasteiger partial charge < -0.3 is 26.2 Å². The molecule has 6 rings (SSSR count). The van der Waals surface area contributed by atoms with E-state index in [1.165, 1.54) is 36.6 Å². The number of phenolic OH excluding ortho intramolecular Hbond substituents is 1. The average molecular weight is 600 g/mol. The van der Waals surface area contributed by atoms with E-state index in [2.05, 4.69) is 4.90 Å². The third-order valence-electron chi connectivity index (χ3n) is 10.1. The molecule has 5 aliphatic rings. The SMILES string of the molecule is CN(C)[C@@H]1C(O)=C(C(N)=O)C(=O)[C@@]2(O)C(O)=C3C(=O)c4c(O)cc(CN(CC5CC5)C5CCCC5)c(Cl)c4C[C@H]3C[C@@H]12. The minimum Gasteiger partial charge on any atom is -0.510 e. The van der Waals surface area contributed by atoms with Crippen molar-refractivity contribution in [3.8, 4) is 5.75 Å². The van der Waals surface area contributed by atoms with E-state index < -0.39 is 58.0 Å². The number of ketones is 2. The van der Waals surface area contributed by atoms with E-state index >= 15 is 0 Å². The van der Waals surface area contributed by atoms with Crippen molar-refractivity contribution in [3.05, 3.63) is 50.4 Å². The number of aliphatic hydroxyl groups excluding tert-OH is 2. The fraction of sp³-hybridized carbons (Fsp3) is 0.581. The predicted octanol–water partition coefficient (Wildman–Crippen LogP) is 2.93. The Hall–Kier alpha value is -2.92. The Morgan fingerprint density at radius 1 is 1.12 bits per heavy atom. The number of allylic oxidation sites excluding steroid dienone is 1. The lowest BCUT2D eigenvalue weighted by molar-refractivity contribution is -0.148. The molecule has 0 spiro atoms. The zero-order chi connectivity index (χ0) is 30.2. The molecule has 42 heavy (non-hydrogen) atoms. The Kier molecular flexibility index (Phi) is 7.20. The van der Waals surface area contributed by atoms with Gasteiger partial charge in [0.1, 0.15) is 22.8 Å². The van der Waals surface area contributed by atoms with Gasteiger partial charge in [-0.15, -0.1) is 0 Å². The van der Waals surface area contributed by atoms with Crippen LogP contribution in [-0.4, -0.2) is 86.0 Å². The van der Waals surface area contributed by atoms with Crippen molar-refractivity contribution in [2.75, 3.05) is 20.6 Å². The van der Waals surface area contributed by atoms with Crippen molar-refractivity contribution in [2.24, 2.45) is 23.5 Å². The molecule has 11 heteroatoms. The Bertz CT molecular complexity index is 1440. The summed E-state index contributed by atoms with van der Waals surface area (Å²) in [5.41, 5.74) is 2.88. The molecule has 0 unspecified atom stereocenters. The largest absolute Gasteiger partial charge is 0.510 e. The molecule has 10 nitrogen and oxygen atoms in total. The summed E-state index contributed by atoms with van der Waals surface area (Å²) < 4.78 is 0. The molecule has 1 amide bonds. The molecule has 0 saturated heterocycles. The summed E-state index contributed by atoms with van der Waals surface area (Å²) in [6, 6.07) is 0.946. The van der Waals surface area contributed by atoms with Gasteiger partial charge >= 0.3 is 0 Å². The summed E-state index contributed by atoms with van der Waals surface area (Å²) in [5, 5.41) is 45.7. The number of halogens is 1. The smallest absolute Gasteiger partial charge is 0.255 e. The number of rotatable bonds is 7. The lowest BCUT2D eigenvalue weighted by atomic mass is 9.58. The Morgan fingerprint density at radius 3 is 2.38 bits per heavy atom. The van der Waals surface area contributed by atoms with Crippen molar-refractivity contribution >= 4 is 29.1 Å². The number of carbonyl (C=O) groups excluding carboxylic acids is 3. The number of likely N-dealkylation sites (N-methyl/N-ethyl adjacent to an activating group) is 1. The molecule has 0 aromatic heterocycles. The molecular weight excluding hydrogens is 562 g/mol. The van der Waals surface area contributed by atoms with Crippen LogP contribution in [-0.2, 0) is 22.6 Å². The third-order valence-corrected chi connectivity index (χ3v) is 10.6. The number of aromatic hydroxyl groups is 1. The number of hydrogen-bond acceptors (Lipinski definition) is 9. The van der Waals surface area contributed by atoms with Crippen LogP contribution in [0.2, 0.25) is 5.02 Å². The van der Waals surface area contributed by atoms with E-state index in [9.17, 15) is 34.8 Å². The second kappa shape index (κ2) is 10.4. The van der Waals surface area contributed by atoms with Gasteiger partial charge in [0, 0.05) is 35.6 Å². The normalized spacial score (nSPS) is 29.8. The molecule has 0 radical (unpaired) electrons. The van der Waals surface area contributed by atoms with Gasteiger partial charge in [-0.1, -0.05) is 24.4 Å². The van der Waals surface area contributed by atoms with Crippen LogP contribution in [0.4, 0.5) is 0 Å². The Labute approximate surface area is 249 Å². The zero-order valence-electron chi connectivity index (χ0n) is 23.9. The molecule has 1 aromatic rings. The van der Waals surface area contributed by atoms with Crippen molar-refractivity contribution < 1.29 is 34.8 Å². The number of aliphatic hydroxyl groups is 3. The highest BCUT2D eigenvalue weighted by Crippen LogP contribution is 2.53. The van der Waals surface area contributed by atoms with Crippen LogP contribution < -0.4 is 5.73 Å². The van der Waals surface area contributed by atoms with Crippen LogP contribution in [0.1, 0.15) is 66.4 Å². The van der Waals surface area contributed by atoms with Crippen LogP contribution in [0.15, 0.2) is 28.7 Å². The van der Waals surface area contributed by atoms with E-state index in [1.54, 1.807) is 14.1 Å². The van der Waals surface area contributed by atoms with Crippen LogP contribution >= 0.6 is 11.6 Å². The highest BCUT2D eigenvalue weighted by molar-refractivity contribution is 6.33. The van der Waals surface area contributed by atoms with Crippen LogP contribution in [0, 0.1) is 17.8 Å². The number of nitrogens with zero attached hydrogens (tertiary/aromatic N) is 2. The van der Waals surface area contributed by atoms with Crippen LogP contribution in [0.25, 0.3) is 0 Å². The molecule has 0 heterocycles.